The number of imidazole rings is 2. The SMILES string of the molecule is COC[C@H]1C[C@@H](c2nc3ccc4cc(-c5ccc(-c6cnc([C@@H]7CCCN7C(=O)[C@@H](NC(=O)OC)C(C)C)[nH]6)cc5OC(F)F)ccc4c3[nH]2)N(C(=O)OC(C)(C)C)C1. The second-order valence-corrected chi connectivity index (χ2v) is 16.5. The molecular weight excluding hydrogens is 765 g/mol. The average molecular weight is 816 g/mol. The molecule has 2 aliphatic rings. The zero-order valence-electron chi connectivity index (χ0n) is 34.3. The highest BCUT2D eigenvalue weighted by atomic mass is 19.3. The molecule has 7 rings (SSSR count). The van der Waals surface area contributed by atoms with Gasteiger partial charge in [-0.05, 0) is 81.2 Å². The lowest BCUT2D eigenvalue weighted by atomic mass is 9.98. The molecule has 2 fully saturated rings. The summed E-state index contributed by atoms with van der Waals surface area (Å²) < 4.78 is 48.9. The van der Waals surface area contributed by atoms with Crippen molar-refractivity contribution in [2.75, 3.05) is 33.9 Å². The van der Waals surface area contributed by atoms with Crippen molar-refractivity contribution >= 4 is 39.9 Å². The van der Waals surface area contributed by atoms with Crippen molar-refractivity contribution in [1.82, 2.24) is 35.1 Å². The Kier molecular flexibility index (Phi) is 11.8. The lowest BCUT2D eigenvalue weighted by Gasteiger charge is -2.30. The Morgan fingerprint density at radius 2 is 1.75 bits per heavy atom. The Balaban J connectivity index is 1.16. The quantitative estimate of drug-likeness (QED) is 0.119. The van der Waals surface area contributed by atoms with Gasteiger partial charge in [0.25, 0.3) is 0 Å². The molecule has 3 amide bonds. The van der Waals surface area contributed by atoms with Crippen LogP contribution in [-0.4, -0.2) is 100.0 Å². The minimum absolute atomic E-state index is 0.0154. The molecule has 0 bridgehead atoms. The minimum Gasteiger partial charge on any atom is -0.453 e. The minimum atomic E-state index is -3.07. The van der Waals surface area contributed by atoms with E-state index >= 15 is 0 Å². The van der Waals surface area contributed by atoms with Gasteiger partial charge in [0.2, 0.25) is 5.91 Å². The van der Waals surface area contributed by atoms with E-state index < -0.39 is 30.4 Å². The van der Waals surface area contributed by atoms with Gasteiger partial charge in [-0.25, -0.2) is 19.6 Å². The molecule has 14 nitrogen and oxygen atoms in total. The van der Waals surface area contributed by atoms with Crippen LogP contribution in [0.5, 0.6) is 5.75 Å². The number of nitrogens with one attached hydrogen (secondary N) is 3. The first kappa shape index (κ1) is 41.4. The highest BCUT2D eigenvalue weighted by Crippen LogP contribution is 2.40. The van der Waals surface area contributed by atoms with Crippen LogP contribution < -0.4 is 10.1 Å². The highest BCUT2D eigenvalue weighted by Gasteiger charge is 2.40. The molecule has 0 aliphatic carbocycles. The van der Waals surface area contributed by atoms with Gasteiger partial charge in [-0.2, -0.15) is 8.78 Å². The molecule has 4 atom stereocenters. The highest BCUT2D eigenvalue weighted by molar-refractivity contribution is 6.05. The Morgan fingerprint density at radius 1 is 0.966 bits per heavy atom. The number of H-pyrrole nitrogens is 2. The number of fused-ring (bicyclic) bond motifs is 3. The van der Waals surface area contributed by atoms with E-state index in [9.17, 15) is 23.2 Å². The van der Waals surface area contributed by atoms with E-state index in [1.165, 1.54) is 7.11 Å². The number of amides is 3. The number of alkyl halides is 2. The molecule has 2 aliphatic heterocycles. The number of halogens is 2. The number of carbonyl (C=O) groups excluding carboxylic acids is 3. The zero-order chi connectivity index (χ0) is 42.2. The first-order chi connectivity index (χ1) is 28.1. The topological polar surface area (TPSA) is 164 Å². The van der Waals surface area contributed by atoms with Crippen molar-refractivity contribution in [2.45, 2.75) is 84.2 Å². The van der Waals surface area contributed by atoms with E-state index in [0.717, 1.165) is 28.2 Å². The molecule has 0 unspecified atom stereocenters. The van der Waals surface area contributed by atoms with E-state index in [0.29, 0.717) is 66.6 Å². The largest absolute Gasteiger partial charge is 0.453 e. The van der Waals surface area contributed by atoms with Gasteiger partial charge in [-0.15, -0.1) is 0 Å². The van der Waals surface area contributed by atoms with Crippen molar-refractivity contribution in [3.8, 4) is 28.1 Å². The Hall–Kier alpha value is -5.77. The van der Waals surface area contributed by atoms with Gasteiger partial charge in [-0.3, -0.25) is 9.69 Å². The Morgan fingerprint density at radius 3 is 2.46 bits per heavy atom. The number of benzene rings is 3. The van der Waals surface area contributed by atoms with Crippen molar-refractivity contribution in [3.05, 3.63) is 66.4 Å². The van der Waals surface area contributed by atoms with Crippen LogP contribution in [0.3, 0.4) is 0 Å². The van der Waals surface area contributed by atoms with Gasteiger partial charge in [0, 0.05) is 42.6 Å². The summed E-state index contributed by atoms with van der Waals surface area (Å²) in [5.41, 5.74) is 3.13. The van der Waals surface area contributed by atoms with Crippen LogP contribution in [0.2, 0.25) is 0 Å². The molecule has 3 aromatic carbocycles. The van der Waals surface area contributed by atoms with Crippen LogP contribution in [0.4, 0.5) is 18.4 Å². The lowest BCUT2D eigenvalue weighted by molar-refractivity contribution is -0.135. The van der Waals surface area contributed by atoms with E-state index in [4.69, 9.17) is 23.9 Å². The number of nitrogens with zero attached hydrogens (tertiary/aromatic N) is 4. The number of ether oxygens (including phenoxy) is 4. The molecule has 16 heteroatoms. The number of carbonyl (C=O) groups is 3. The summed E-state index contributed by atoms with van der Waals surface area (Å²) in [6, 6.07) is 13.1. The molecule has 2 aromatic heterocycles. The predicted octanol–water partition coefficient (Wildman–Crippen LogP) is 8.36. The second-order valence-electron chi connectivity index (χ2n) is 16.5. The smallest absolute Gasteiger partial charge is 0.410 e. The number of rotatable bonds is 11. The summed E-state index contributed by atoms with van der Waals surface area (Å²) >= 11 is 0. The Bertz CT molecular complexity index is 2340. The average Bonchev–Trinajstić information content (AvgIpc) is 4.01. The van der Waals surface area contributed by atoms with Gasteiger partial charge in [0.05, 0.1) is 48.7 Å². The fraction of sp³-hybridized carbons (Fsp3) is 0.465. The van der Waals surface area contributed by atoms with Crippen LogP contribution in [0.15, 0.2) is 54.7 Å². The third-order valence-electron chi connectivity index (χ3n) is 10.9. The molecule has 0 spiro atoms. The maximum atomic E-state index is 13.9. The number of methoxy groups -OCH3 is 2. The first-order valence-corrected chi connectivity index (χ1v) is 19.8. The van der Waals surface area contributed by atoms with Crippen LogP contribution in [-0.2, 0) is 19.0 Å². The van der Waals surface area contributed by atoms with Crippen LogP contribution in [0.25, 0.3) is 44.2 Å². The van der Waals surface area contributed by atoms with Gasteiger partial charge >= 0.3 is 18.8 Å². The maximum absolute atomic E-state index is 13.9. The van der Waals surface area contributed by atoms with Gasteiger partial charge in [0.1, 0.15) is 29.0 Å². The molecule has 5 aromatic rings. The van der Waals surface area contributed by atoms with Crippen LogP contribution in [0, 0.1) is 11.8 Å². The molecule has 314 valence electrons. The zero-order valence-corrected chi connectivity index (χ0v) is 34.3. The van der Waals surface area contributed by atoms with Crippen LogP contribution in [0.1, 0.15) is 77.6 Å². The van der Waals surface area contributed by atoms with Crippen molar-refractivity contribution < 1.29 is 42.1 Å². The van der Waals surface area contributed by atoms with E-state index in [1.807, 2.05) is 65.0 Å². The van der Waals surface area contributed by atoms with Gasteiger partial charge in [-0.1, -0.05) is 38.1 Å². The van der Waals surface area contributed by atoms with Crippen molar-refractivity contribution in [2.24, 2.45) is 11.8 Å². The van der Waals surface area contributed by atoms with E-state index in [1.54, 1.807) is 41.3 Å². The van der Waals surface area contributed by atoms with Crippen molar-refractivity contribution in [1.29, 1.82) is 0 Å². The standard InChI is InChI=1S/C43H51F2N7O7/c1-23(2)35(50-41(54)57-7)39(53)51-16-8-9-32(51)37-46-20-31(48-37)27-11-13-28(34(19-27)58-40(44)45)25-10-14-29-26(18-25)12-15-30-36(29)49-38(47-30)33-17-24(22-56-6)21-52(33)42(55)59-43(3,4)5/h10-15,18-20,23-24,32-33,35,40H,8-9,16-17,21-22H2,1-7H3,(H,46,48)(H,47,49)(H,50,54)/t24-,32-,33-,35-/m0/s1. The third kappa shape index (κ3) is 8.82. The molecule has 4 heterocycles. The molecular formula is C43H51F2N7O7. The first-order valence-electron chi connectivity index (χ1n) is 19.8. The van der Waals surface area contributed by atoms with E-state index in [-0.39, 0.29) is 35.6 Å². The number of alkyl carbamates (subject to hydrolysis) is 1. The van der Waals surface area contributed by atoms with Gasteiger partial charge in [0.15, 0.2) is 0 Å². The summed E-state index contributed by atoms with van der Waals surface area (Å²) in [5.74, 6) is 0.882. The normalized spacial score (nSPS) is 18.9. The molecule has 0 radical (unpaired) electrons. The number of aromatic nitrogens is 4. The van der Waals surface area contributed by atoms with Crippen molar-refractivity contribution in [3.63, 3.8) is 0 Å². The lowest BCUT2D eigenvalue weighted by Crippen LogP contribution is -2.51. The molecule has 0 saturated carbocycles. The summed E-state index contributed by atoms with van der Waals surface area (Å²) in [5, 5.41) is 4.37. The summed E-state index contributed by atoms with van der Waals surface area (Å²) in [6.45, 7) is 7.61. The fourth-order valence-electron chi connectivity index (χ4n) is 8.18. The second kappa shape index (κ2) is 16.8. The summed E-state index contributed by atoms with van der Waals surface area (Å²) in [6.07, 6.45) is 2.59. The summed E-state index contributed by atoms with van der Waals surface area (Å²) in [4.78, 5) is 58.6. The maximum Gasteiger partial charge on any atom is 0.410 e. The number of hydrogen-bond donors (Lipinski definition) is 3. The number of hydrogen-bond acceptors (Lipinski definition) is 9. The predicted molar refractivity (Wildman–Crippen MR) is 217 cm³/mol. The molecule has 59 heavy (non-hydrogen) atoms. The fourth-order valence-corrected chi connectivity index (χ4v) is 8.18. The number of likely N-dealkylation sites (tertiary alicyclic amines) is 2. The van der Waals surface area contributed by atoms with Crippen LogP contribution >= 0.6 is 0 Å². The number of aromatic amines is 2. The summed E-state index contributed by atoms with van der Waals surface area (Å²) in [7, 11) is 2.90. The third-order valence-corrected chi connectivity index (χ3v) is 10.9. The molecule has 3 N–H and O–H groups in total. The van der Waals surface area contributed by atoms with E-state index in [2.05, 4.69) is 20.3 Å². The molecule has 2 saturated heterocycles. The van der Waals surface area contributed by atoms with Gasteiger partial charge < -0.3 is 39.1 Å². The Labute approximate surface area is 340 Å². The monoisotopic (exact) mass is 815 g/mol.